The van der Waals surface area contributed by atoms with Gasteiger partial charge in [-0.05, 0) is 6.07 Å². The lowest BCUT2D eigenvalue weighted by atomic mass is 10.1. The van der Waals surface area contributed by atoms with Crippen LogP contribution in [0.5, 0.6) is 0 Å². The minimum Gasteiger partial charge on any atom is -0.296 e. The van der Waals surface area contributed by atoms with E-state index in [9.17, 15) is 9.59 Å². The van der Waals surface area contributed by atoms with Gasteiger partial charge in [-0.15, -0.1) is 0 Å². The van der Waals surface area contributed by atoms with E-state index < -0.39 is 0 Å². The molecule has 0 aliphatic carbocycles. The van der Waals surface area contributed by atoms with Gasteiger partial charge in [0.2, 0.25) is 5.78 Å². The third kappa shape index (κ3) is 2.28. The van der Waals surface area contributed by atoms with E-state index in [0.717, 1.165) is 23.7 Å². The molecule has 0 unspecified atom stereocenters. The highest BCUT2D eigenvalue weighted by atomic mass is 16.1. The minimum atomic E-state index is 0.397. The Hall–Kier alpha value is -4.06. The third-order valence-corrected chi connectivity index (χ3v) is 4.76. The van der Waals surface area contributed by atoms with Gasteiger partial charge in [0.1, 0.15) is 28.4 Å². The Bertz CT molecular complexity index is 1340. The van der Waals surface area contributed by atoms with Gasteiger partial charge in [0.15, 0.2) is 12.6 Å². The van der Waals surface area contributed by atoms with Crippen LogP contribution in [0.1, 0.15) is 21.0 Å². The lowest BCUT2D eigenvalue weighted by Gasteiger charge is -2.01. The van der Waals surface area contributed by atoms with Crippen molar-refractivity contribution < 1.29 is 9.59 Å². The summed E-state index contributed by atoms with van der Waals surface area (Å²) >= 11 is 0. The Morgan fingerprint density at radius 1 is 0.679 bits per heavy atom. The highest BCUT2D eigenvalue weighted by Gasteiger charge is 2.20. The van der Waals surface area contributed by atoms with Crippen molar-refractivity contribution in [2.24, 2.45) is 0 Å². The molecule has 134 valence electrons. The van der Waals surface area contributed by atoms with E-state index in [1.165, 1.54) is 0 Å². The molecule has 0 N–H and O–H groups in total. The van der Waals surface area contributed by atoms with Gasteiger partial charge >= 0.3 is 0 Å². The number of benzene rings is 2. The third-order valence-electron chi connectivity index (χ3n) is 4.76. The number of imidazole rings is 2. The Kier molecular flexibility index (Phi) is 3.62. The summed E-state index contributed by atoms with van der Waals surface area (Å²) in [5.41, 5.74) is 4.24. The second-order valence-corrected chi connectivity index (χ2v) is 6.34. The van der Waals surface area contributed by atoms with Crippen LogP contribution >= 0.6 is 0 Å². The number of nitrogens with zero attached hydrogens (tertiary/aromatic N) is 4. The first-order valence-corrected chi connectivity index (χ1v) is 8.76. The predicted octanol–water partition coefficient (Wildman–Crippen LogP) is 3.94. The first-order valence-electron chi connectivity index (χ1n) is 8.76. The molecule has 3 heterocycles. The van der Waals surface area contributed by atoms with Crippen molar-refractivity contribution in [3.63, 3.8) is 0 Å². The number of fused-ring (bicyclic) bond motifs is 3. The fraction of sp³-hybridized carbons (Fsp3) is 0. The summed E-state index contributed by atoms with van der Waals surface area (Å²) in [7, 11) is 0. The van der Waals surface area contributed by atoms with E-state index in [1.807, 2.05) is 60.7 Å². The molecule has 0 aliphatic rings. The standard InChI is InChI=1S/C22H14N4O2/c27-13-17-20(15-7-3-1-4-8-15)24-22-25(17)12-11-19-23-21(18(14-28)26(19)22)16-9-5-2-6-10-16/h1-14H. The van der Waals surface area contributed by atoms with Gasteiger partial charge in [-0.1, -0.05) is 60.7 Å². The largest absolute Gasteiger partial charge is 0.296 e. The fourth-order valence-corrected chi connectivity index (χ4v) is 3.49. The molecule has 0 fully saturated rings. The maximum absolute atomic E-state index is 12.0. The smallest absolute Gasteiger partial charge is 0.221 e. The zero-order chi connectivity index (χ0) is 19.1. The van der Waals surface area contributed by atoms with Crippen molar-refractivity contribution in [1.29, 1.82) is 0 Å². The molecule has 0 spiro atoms. The quantitative estimate of drug-likeness (QED) is 0.452. The maximum atomic E-state index is 12.0. The molecule has 0 radical (unpaired) electrons. The normalized spacial score (nSPS) is 11.1. The van der Waals surface area contributed by atoms with Crippen LogP contribution in [0.3, 0.4) is 0 Å². The van der Waals surface area contributed by atoms with Crippen molar-refractivity contribution in [2.75, 3.05) is 0 Å². The Balaban J connectivity index is 1.88. The summed E-state index contributed by atoms with van der Waals surface area (Å²) in [5, 5.41) is 0. The minimum absolute atomic E-state index is 0.397. The number of hydrogen-bond acceptors (Lipinski definition) is 4. The molecule has 0 aliphatic heterocycles. The first-order chi connectivity index (χ1) is 13.8. The highest BCUT2D eigenvalue weighted by Crippen LogP contribution is 2.28. The molecule has 5 aromatic rings. The van der Waals surface area contributed by atoms with E-state index in [-0.39, 0.29) is 0 Å². The first kappa shape index (κ1) is 16.1. The molecule has 6 heteroatoms. The topological polar surface area (TPSA) is 68.7 Å². The van der Waals surface area contributed by atoms with Gasteiger partial charge in [0.05, 0.1) is 0 Å². The molecule has 3 aromatic heterocycles. The zero-order valence-electron chi connectivity index (χ0n) is 14.7. The van der Waals surface area contributed by atoms with Gasteiger partial charge in [0, 0.05) is 17.3 Å². The fourth-order valence-electron chi connectivity index (χ4n) is 3.49. The van der Waals surface area contributed by atoms with Gasteiger partial charge in [-0.25, -0.2) is 9.97 Å². The molecule has 6 nitrogen and oxygen atoms in total. The molecular weight excluding hydrogens is 352 g/mol. The monoisotopic (exact) mass is 366 g/mol. The molecule has 0 saturated heterocycles. The highest BCUT2D eigenvalue weighted by molar-refractivity contribution is 5.89. The van der Waals surface area contributed by atoms with Crippen molar-refractivity contribution in [3.8, 4) is 22.5 Å². The maximum Gasteiger partial charge on any atom is 0.221 e. The average molecular weight is 366 g/mol. The van der Waals surface area contributed by atoms with Gasteiger partial charge in [-0.2, -0.15) is 0 Å². The number of aldehydes is 2. The number of aromatic nitrogens is 4. The summed E-state index contributed by atoms with van der Waals surface area (Å²) in [6.45, 7) is 0. The lowest BCUT2D eigenvalue weighted by molar-refractivity contribution is 0.111. The van der Waals surface area contributed by atoms with E-state index in [0.29, 0.717) is 34.2 Å². The van der Waals surface area contributed by atoms with Crippen LogP contribution in [0.2, 0.25) is 0 Å². The van der Waals surface area contributed by atoms with Crippen LogP contribution in [0.25, 0.3) is 33.9 Å². The zero-order valence-corrected chi connectivity index (χ0v) is 14.7. The van der Waals surface area contributed by atoms with Crippen molar-refractivity contribution in [2.45, 2.75) is 0 Å². The molecule has 0 atom stereocenters. The van der Waals surface area contributed by atoms with Crippen LogP contribution < -0.4 is 0 Å². The van der Waals surface area contributed by atoms with Crippen LogP contribution in [0, 0.1) is 0 Å². The summed E-state index contributed by atoms with van der Waals surface area (Å²) in [6, 6.07) is 20.8. The number of carbonyl (C=O) groups excluding carboxylic acids is 2. The molecule has 0 saturated carbocycles. The summed E-state index contributed by atoms with van der Waals surface area (Å²) in [6.07, 6.45) is 3.31. The SMILES string of the molecule is O=Cc1c(-c2ccccc2)nc2n1ccc1nc(-c3ccccc3)c(C=O)n12. The number of rotatable bonds is 4. The molecular formula is C22H14N4O2. The van der Waals surface area contributed by atoms with Crippen molar-refractivity contribution in [1.82, 2.24) is 18.8 Å². The molecule has 28 heavy (non-hydrogen) atoms. The van der Waals surface area contributed by atoms with Crippen molar-refractivity contribution >= 4 is 24.0 Å². The molecule has 2 aromatic carbocycles. The van der Waals surface area contributed by atoms with Crippen LogP contribution in [0.4, 0.5) is 0 Å². The average Bonchev–Trinajstić information content (AvgIpc) is 3.32. The molecule has 0 amide bonds. The van der Waals surface area contributed by atoms with Gasteiger partial charge in [-0.3, -0.25) is 18.4 Å². The van der Waals surface area contributed by atoms with E-state index >= 15 is 0 Å². The lowest BCUT2D eigenvalue weighted by Crippen LogP contribution is -2.00. The predicted molar refractivity (Wildman–Crippen MR) is 106 cm³/mol. The number of carbonyl (C=O) groups is 2. The van der Waals surface area contributed by atoms with Gasteiger partial charge in [0.25, 0.3) is 0 Å². The van der Waals surface area contributed by atoms with Crippen LogP contribution in [-0.2, 0) is 0 Å². The number of hydrogen-bond donors (Lipinski definition) is 0. The van der Waals surface area contributed by atoms with Gasteiger partial charge < -0.3 is 0 Å². The molecule has 0 bridgehead atoms. The Morgan fingerprint density at radius 2 is 1.25 bits per heavy atom. The van der Waals surface area contributed by atoms with E-state index in [4.69, 9.17) is 4.98 Å². The second-order valence-electron chi connectivity index (χ2n) is 6.34. The van der Waals surface area contributed by atoms with Crippen molar-refractivity contribution in [3.05, 3.63) is 84.3 Å². The van der Waals surface area contributed by atoms with Crippen LogP contribution in [0.15, 0.2) is 72.9 Å². The second kappa shape index (κ2) is 6.28. The van der Waals surface area contributed by atoms with E-state index in [2.05, 4.69) is 4.98 Å². The summed E-state index contributed by atoms with van der Waals surface area (Å²) in [5.74, 6) is 0.468. The van der Waals surface area contributed by atoms with E-state index in [1.54, 1.807) is 21.1 Å². The van der Waals surface area contributed by atoms with Crippen LogP contribution in [-0.4, -0.2) is 31.3 Å². The Labute approximate surface area is 159 Å². The Morgan fingerprint density at radius 3 is 1.82 bits per heavy atom. The molecule has 5 rings (SSSR count). The summed E-state index contributed by atoms with van der Waals surface area (Å²) < 4.78 is 3.38. The summed E-state index contributed by atoms with van der Waals surface area (Å²) in [4.78, 5) is 33.1.